The second-order valence-corrected chi connectivity index (χ2v) is 3.87. The van der Waals surface area contributed by atoms with Gasteiger partial charge < -0.3 is 4.18 Å². The summed E-state index contributed by atoms with van der Waals surface area (Å²) >= 11 is 0. The van der Waals surface area contributed by atoms with E-state index in [1.54, 1.807) is 0 Å². The fraction of sp³-hybridized carbons (Fsp3) is 0.143. The van der Waals surface area contributed by atoms with Crippen LogP contribution in [0.5, 0.6) is 5.75 Å². The van der Waals surface area contributed by atoms with Crippen LogP contribution in [0.4, 0.5) is 17.6 Å². The van der Waals surface area contributed by atoms with Gasteiger partial charge in [-0.05, 0) is 12.1 Å². The molecule has 0 aromatic heterocycles. The highest BCUT2D eigenvalue weighted by Crippen LogP contribution is 2.32. The predicted molar refractivity (Wildman–Crippen MR) is 45.1 cm³/mol. The smallest absolute Gasteiger partial charge is 0.371 e. The van der Waals surface area contributed by atoms with Crippen LogP contribution in [0.2, 0.25) is 0 Å². The van der Waals surface area contributed by atoms with Crippen molar-refractivity contribution in [2.45, 2.75) is 6.18 Å². The molecule has 0 saturated carbocycles. The van der Waals surface area contributed by atoms with Crippen molar-refractivity contribution in [3.05, 3.63) is 29.6 Å². The zero-order chi connectivity index (χ0) is 12.6. The van der Waals surface area contributed by atoms with Gasteiger partial charge in [0.2, 0.25) is 0 Å². The van der Waals surface area contributed by atoms with Gasteiger partial charge >= 0.3 is 16.5 Å². The van der Waals surface area contributed by atoms with E-state index in [9.17, 15) is 26.0 Å². The third-order valence-electron chi connectivity index (χ3n) is 1.46. The molecule has 0 aliphatic rings. The second-order valence-electron chi connectivity index (χ2n) is 2.72. The monoisotopic (exact) mass is 259 g/mol. The highest BCUT2D eigenvalue weighted by atomic mass is 32.2. The summed E-state index contributed by atoms with van der Waals surface area (Å²) in [5.41, 5.74) is -1.52. The number of hydrogen-bond acceptors (Lipinski definition) is 3. The van der Waals surface area contributed by atoms with E-state index in [0.717, 1.165) is 0 Å². The van der Waals surface area contributed by atoms with Crippen LogP contribution >= 0.6 is 0 Å². The number of halogens is 4. The van der Waals surface area contributed by atoms with Gasteiger partial charge in [0.15, 0.2) is 0 Å². The summed E-state index contributed by atoms with van der Waals surface area (Å²) < 4.78 is 74.0. The highest BCUT2D eigenvalue weighted by Gasteiger charge is 2.34. The minimum atomic E-state index is -4.86. The predicted octanol–water partition coefficient (Wildman–Crippen LogP) is 1.43. The van der Waals surface area contributed by atoms with E-state index in [1.807, 2.05) is 0 Å². The first-order valence-electron chi connectivity index (χ1n) is 3.68. The Morgan fingerprint density at radius 3 is 2.19 bits per heavy atom. The molecule has 4 nitrogen and oxygen atoms in total. The molecule has 1 aromatic rings. The Morgan fingerprint density at radius 2 is 1.81 bits per heavy atom. The zero-order valence-corrected chi connectivity index (χ0v) is 8.27. The fourth-order valence-electron chi connectivity index (χ4n) is 0.912. The number of rotatable bonds is 2. The Balaban J connectivity index is 3.10. The Bertz CT molecular complexity index is 497. The van der Waals surface area contributed by atoms with Gasteiger partial charge in [-0.3, -0.25) is 0 Å². The zero-order valence-electron chi connectivity index (χ0n) is 7.45. The van der Waals surface area contributed by atoms with Crippen LogP contribution in [0.25, 0.3) is 0 Å². The molecule has 90 valence electrons. The van der Waals surface area contributed by atoms with E-state index in [0.29, 0.717) is 12.1 Å². The van der Waals surface area contributed by atoms with E-state index in [-0.39, 0.29) is 6.07 Å². The maximum Gasteiger partial charge on any atom is 0.419 e. The van der Waals surface area contributed by atoms with Gasteiger partial charge in [0.25, 0.3) is 0 Å². The highest BCUT2D eigenvalue weighted by molar-refractivity contribution is 7.84. The average Bonchev–Trinajstić information content (AvgIpc) is 1.97. The molecule has 9 heteroatoms. The van der Waals surface area contributed by atoms with Crippen LogP contribution in [0, 0.1) is 5.82 Å². The van der Waals surface area contributed by atoms with E-state index >= 15 is 0 Å². The fourth-order valence-corrected chi connectivity index (χ4v) is 1.28. The normalized spacial score (nSPS) is 12.6. The van der Waals surface area contributed by atoms with E-state index in [4.69, 9.17) is 0 Å². The topological polar surface area (TPSA) is 69.4 Å². The minimum Gasteiger partial charge on any atom is -0.371 e. The molecular weight excluding hydrogens is 254 g/mol. The lowest BCUT2D eigenvalue weighted by Crippen LogP contribution is -2.19. The maximum absolute atomic E-state index is 12.9. The molecule has 1 aromatic carbocycles. The summed E-state index contributed by atoms with van der Waals surface area (Å²) in [6.45, 7) is 0. The van der Waals surface area contributed by atoms with Crippen molar-refractivity contribution < 1.29 is 30.2 Å². The minimum absolute atomic E-state index is 0.285. The summed E-state index contributed by atoms with van der Waals surface area (Å²) in [5.74, 6) is -2.28. The van der Waals surface area contributed by atoms with Crippen molar-refractivity contribution in [2.75, 3.05) is 0 Å². The van der Waals surface area contributed by atoms with E-state index < -0.39 is 33.6 Å². The average molecular weight is 259 g/mol. The van der Waals surface area contributed by atoms with Crippen LogP contribution < -0.4 is 9.32 Å². The lowest BCUT2D eigenvalue weighted by atomic mass is 10.2. The molecular formula is C7H5F4NO3S. The van der Waals surface area contributed by atoms with E-state index in [2.05, 4.69) is 9.32 Å². The van der Waals surface area contributed by atoms with E-state index in [1.165, 1.54) is 0 Å². The van der Waals surface area contributed by atoms with Crippen molar-refractivity contribution in [1.29, 1.82) is 0 Å². The summed E-state index contributed by atoms with van der Waals surface area (Å²) in [5, 5.41) is 4.45. The van der Waals surface area contributed by atoms with Crippen molar-refractivity contribution in [3.63, 3.8) is 0 Å². The van der Waals surface area contributed by atoms with Crippen molar-refractivity contribution in [1.82, 2.24) is 0 Å². The summed E-state index contributed by atoms with van der Waals surface area (Å²) in [7, 11) is -4.39. The van der Waals surface area contributed by atoms with Gasteiger partial charge in [0.1, 0.15) is 11.6 Å². The first kappa shape index (κ1) is 12.7. The molecule has 0 fully saturated rings. The maximum atomic E-state index is 12.9. The molecule has 16 heavy (non-hydrogen) atoms. The number of hydrogen-bond donors (Lipinski definition) is 1. The van der Waals surface area contributed by atoms with Crippen LogP contribution in [0.15, 0.2) is 18.2 Å². The molecule has 0 saturated heterocycles. The van der Waals surface area contributed by atoms with Gasteiger partial charge in [0.05, 0.1) is 5.56 Å². The van der Waals surface area contributed by atoms with Crippen molar-refractivity contribution in [2.24, 2.45) is 5.14 Å². The van der Waals surface area contributed by atoms with Crippen LogP contribution in [-0.4, -0.2) is 8.42 Å². The van der Waals surface area contributed by atoms with Gasteiger partial charge in [0, 0.05) is 6.07 Å². The third kappa shape index (κ3) is 3.35. The molecule has 0 heterocycles. The third-order valence-corrected chi connectivity index (χ3v) is 1.88. The van der Waals surface area contributed by atoms with Crippen LogP contribution in [0.3, 0.4) is 0 Å². The SMILES string of the molecule is NS(=O)(=O)Oc1ccc(C(F)(F)F)c(F)c1. The lowest BCUT2D eigenvalue weighted by Gasteiger charge is -2.08. The largest absolute Gasteiger partial charge is 0.419 e. The van der Waals surface area contributed by atoms with Gasteiger partial charge in [-0.1, -0.05) is 0 Å². The van der Waals surface area contributed by atoms with Gasteiger partial charge in [-0.25, -0.2) is 4.39 Å². The first-order valence-corrected chi connectivity index (χ1v) is 5.16. The molecule has 0 unspecified atom stereocenters. The molecule has 0 radical (unpaired) electrons. The van der Waals surface area contributed by atoms with Crippen LogP contribution in [-0.2, 0) is 16.5 Å². The summed E-state index contributed by atoms with van der Waals surface area (Å²) in [6, 6.07) is 1.29. The molecule has 2 N–H and O–H groups in total. The number of alkyl halides is 3. The Morgan fingerprint density at radius 1 is 1.25 bits per heavy atom. The van der Waals surface area contributed by atoms with Gasteiger partial charge in [-0.15, -0.1) is 0 Å². The molecule has 0 amide bonds. The summed E-state index contributed by atoms with van der Waals surface area (Å²) in [4.78, 5) is 0. The second kappa shape index (κ2) is 3.91. The molecule has 0 bridgehead atoms. The Labute approximate surface area is 87.9 Å². The molecule has 0 aliphatic carbocycles. The standard InChI is InChI=1S/C7H5F4NO3S/c8-6-3-4(15-16(12,13)14)1-2-5(6)7(9,10)11/h1-3H,(H2,12,13,14). The first-order chi connectivity index (χ1) is 7.09. The Hall–Kier alpha value is -1.35. The Kier molecular flexibility index (Phi) is 3.10. The van der Waals surface area contributed by atoms with Crippen LogP contribution in [0.1, 0.15) is 5.56 Å². The molecule has 0 spiro atoms. The number of nitrogens with two attached hydrogens (primary N) is 1. The molecule has 1 rings (SSSR count). The molecule has 0 aliphatic heterocycles. The van der Waals surface area contributed by atoms with Crippen molar-refractivity contribution in [3.8, 4) is 5.75 Å². The van der Waals surface area contributed by atoms with Gasteiger partial charge in [-0.2, -0.15) is 26.7 Å². The van der Waals surface area contributed by atoms with Crippen molar-refractivity contribution >= 4 is 10.3 Å². The quantitative estimate of drug-likeness (QED) is 0.817. The lowest BCUT2D eigenvalue weighted by molar-refractivity contribution is -0.140. The molecule has 0 atom stereocenters. The summed E-state index contributed by atoms with van der Waals surface area (Å²) in [6.07, 6.45) is -4.86. The number of benzene rings is 1.